The lowest BCUT2D eigenvalue weighted by Crippen LogP contribution is -2.48. The zero-order valence-electron chi connectivity index (χ0n) is 18.6. The Kier molecular flexibility index (Phi) is 5.50. The van der Waals surface area contributed by atoms with Gasteiger partial charge in [0, 0.05) is 31.1 Å². The number of hydrogen-bond acceptors (Lipinski definition) is 8. The van der Waals surface area contributed by atoms with E-state index in [1.807, 2.05) is 4.90 Å². The maximum Gasteiger partial charge on any atom is 0.239 e. The van der Waals surface area contributed by atoms with Crippen molar-refractivity contribution in [2.45, 2.75) is 26.3 Å². The summed E-state index contributed by atoms with van der Waals surface area (Å²) in [6, 6.07) is 6.37. The molecule has 168 valence electrons. The molecule has 32 heavy (non-hydrogen) atoms. The Morgan fingerprint density at radius 3 is 2.53 bits per heavy atom. The maximum absolute atomic E-state index is 12.0. The van der Waals surface area contributed by atoms with Crippen molar-refractivity contribution in [3.63, 3.8) is 0 Å². The third-order valence-electron chi connectivity index (χ3n) is 6.10. The summed E-state index contributed by atoms with van der Waals surface area (Å²) in [5.74, 6) is 3.08. The van der Waals surface area contributed by atoms with Crippen molar-refractivity contribution >= 4 is 39.2 Å². The molecule has 2 aliphatic heterocycles. The highest BCUT2D eigenvalue weighted by atomic mass is 32.1. The second-order valence-electron chi connectivity index (χ2n) is 8.05. The summed E-state index contributed by atoms with van der Waals surface area (Å²) in [5.41, 5.74) is 2.49. The third-order valence-corrected chi connectivity index (χ3v) is 7.27. The van der Waals surface area contributed by atoms with Gasteiger partial charge in [-0.15, -0.1) is 11.3 Å². The molecule has 2 aliphatic rings. The fraction of sp³-hybridized carbons (Fsp3) is 0.435. The molecule has 0 unspecified atom stereocenters. The van der Waals surface area contributed by atoms with Crippen LogP contribution < -0.4 is 24.6 Å². The minimum atomic E-state index is 0.00914. The van der Waals surface area contributed by atoms with Gasteiger partial charge in [-0.3, -0.25) is 4.79 Å². The van der Waals surface area contributed by atoms with Gasteiger partial charge in [-0.25, -0.2) is 4.98 Å². The van der Waals surface area contributed by atoms with Crippen LogP contribution in [0.25, 0.3) is 10.2 Å². The van der Waals surface area contributed by atoms with Gasteiger partial charge in [-0.1, -0.05) is 6.92 Å². The summed E-state index contributed by atoms with van der Waals surface area (Å²) < 4.78 is 11.0. The molecule has 0 bridgehead atoms. The Morgan fingerprint density at radius 2 is 1.81 bits per heavy atom. The Balaban J connectivity index is 1.55. The average molecular weight is 454 g/mol. The molecule has 3 aromatic rings. The van der Waals surface area contributed by atoms with E-state index in [4.69, 9.17) is 19.4 Å². The van der Waals surface area contributed by atoms with Crippen molar-refractivity contribution in [3.05, 3.63) is 34.2 Å². The van der Waals surface area contributed by atoms with Gasteiger partial charge in [0.15, 0.2) is 11.5 Å². The standard InChI is InChI=1S/C23H27N5O3S/c1-4-16-11-17-21(25-23(26-22(17)32-16)28-8-6-24-20(29)13-28)27-7-5-14-9-18(30-2)19(31-3)10-15(14)12-27/h9-11H,4-8,12-13H2,1-3H3,(H,24,29). The van der Waals surface area contributed by atoms with Gasteiger partial charge in [0.05, 0.1) is 26.2 Å². The minimum Gasteiger partial charge on any atom is -0.493 e. The Bertz CT molecular complexity index is 1180. The number of piperazine rings is 1. The number of nitrogens with one attached hydrogen (secondary N) is 1. The van der Waals surface area contributed by atoms with Crippen LogP contribution in [0.1, 0.15) is 22.9 Å². The number of nitrogens with zero attached hydrogens (tertiary/aromatic N) is 4. The molecule has 1 N–H and O–H groups in total. The lowest BCUT2D eigenvalue weighted by Gasteiger charge is -2.32. The molecule has 5 rings (SSSR count). The van der Waals surface area contributed by atoms with E-state index in [1.54, 1.807) is 25.6 Å². The monoisotopic (exact) mass is 453 g/mol. The molecule has 0 spiro atoms. The highest BCUT2D eigenvalue weighted by Crippen LogP contribution is 2.38. The molecule has 0 saturated carbocycles. The lowest BCUT2D eigenvalue weighted by atomic mass is 9.98. The van der Waals surface area contributed by atoms with Gasteiger partial charge in [0.25, 0.3) is 0 Å². The largest absolute Gasteiger partial charge is 0.493 e. The predicted octanol–water partition coefficient (Wildman–Crippen LogP) is 2.77. The number of aromatic nitrogens is 2. The Morgan fingerprint density at radius 1 is 1.03 bits per heavy atom. The molecule has 1 aromatic carbocycles. The molecule has 1 saturated heterocycles. The van der Waals surface area contributed by atoms with Crippen molar-refractivity contribution in [1.29, 1.82) is 0 Å². The predicted molar refractivity (Wildman–Crippen MR) is 126 cm³/mol. The number of carbonyl (C=O) groups excluding carboxylic acids is 1. The first-order valence-corrected chi connectivity index (χ1v) is 11.7. The van der Waals surface area contributed by atoms with Gasteiger partial charge < -0.3 is 24.6 Å². The number of fused-ring (bicyclic) bond motifs is 2. The van der Waals surface area contributed by atoms with Crippen molar-refractivity contribution in [1.82, 2.24) is 15.3 Å². The molecule has 0 atom stereocenters. The van der Waals surface area contributed by atoms with Crippen LogP contribution in [-0.2, 0) is 24.2 Å². The first-order valence-electron chi connectivity index (χ1n) is 10.9. The summed E-state index contributed by atoms with van der Waals surface area (Å²) in [7, 11) is 3.33. The lowest BCUT2D eigenvalue weighted by molar-refractivity contribution is -0.120. The number of methoxy groups -OCH3 is 2. The molecular formula is C23H27N5O3S. The van der Waals surface area contributed by atoms with Crippen molar-refractivity contribution < 1.29 is 14.3 Å². The average Bonchev–Trinajstić information content (AvgIpc) is 3.25. The highest BCUT2D eigenvalue weighted by Gasteiger charge is 2.26. The molecule has 1 fully saturated rings. The van der Waals surface area contributed by atoms with E-state index < -0.39 is 0 Å². The first kappa shape index (κ1) is 20.8. The van der Waals surface area contributed by atoms with Crippen LogP contribution in [0.3, 0.4) is 0 Å². The van der Waals surface area contributed by atoms with Crippen LogP contribution in [0, 0.1) is 0 Å². The van der Waals surface area contributed by atoms with Crippen LogP contribution in [-0.4, -0.2) is 56.3 Å². The second-order valence-corrected chi connectivity index (χ2v) is 9.17. The summed E-state index contributed by atoms with van der Waals surface area (Å²) in [6.45, 7) is 5.35. The van der Waals surface area contributed by atoms with Crippen LogP contribution in [0.4, 0.5) is 11.8 Å². The van der Waals surface area contributed by atoms with Crippen LogP contribution >= 0.6 is 11.3 Å². The molecule has 2 aromatic heterocycles. The normalized spacial score (nSPS) is 16.2. The van der Waals surface area contributed by atoms with E-state index in [2.05, 4.69) is 35.3 Å². The summed E-state index contributed by atoms with van der Waals surface area (Å²) in [4.78, 5) is 28.3. The number of carbonyl (C=O) groups is 1. The Labute approximate surface area is 191 Å². The number of benzene rings is 1. The highest BCUT2D eigenvalue weighted by molar-refractivity contribution is 7.18. The fourth-order valence-corrected chi connectivity index (χ4v) is 5.33. The smallest absolute Gasteiger partial charge is 0.239 e. The third kappa shape index (κ3) is 3.70. The Hall–Kier alpha value is -3.07. The quantitative estimate of drug-likeness (QED) is 0.636. The van der Waals surface area contributed by atoms with Crippen LogP contribution in [0.15, 0.2) is 18.2 Å². The summed E-state index contributed by atoms with van der Waals surface area (Å²) in [6.07, 6.45) is 1.86. The fourth-order valence-electron chi connectivity index (χ4n) is 4.38. The molecule has 4 heterocycles. The van der Waals surface area contributed by atoms with E-state index in [-0.39, 0.29) is 12.5 Å². The van der Waals surface area contributed by atoms with E-state index in [0.717, 1.165) is 53.5 Å². The number of amides is 1. The van der Waals surface area contributed by atoms with Gasteiger partial charge in [0.2, 0.25) is 11.9 Å². The first-order chi connectivity index (χ1) is 15.6. The summed E-state index contributed by atoms with van der Waals surface area (Å²) in [5, 5.41) is 3.96. The maximum atomic E-state index is 12.0. The van der Waals surface area contributed by atoms with Crippen molar-refractivity contribution in [2.75, 3.05) is 50.2 Å². The van der Waals surface area contributed by atoms with E-state index in [0.29, 0.717) is 19.0 Å². The SMILES string of the molecule is CCc1cc2c(N3CCc4cc(OC)c(OC)cc4C3)nc(N3CCNC(=O)C3)nc2s1. The van der Waals surface area contributed by atoms with Gasteiger partial charge in [-0.2, -0.15) is 4.98 Å². The molecule has 1 amide bonds. The number of ether oxygens (including phenoxy) is 2. The number of thiophene rings is 1. The minimum absolute atomic E-state index is 0.00914. The van der Waals surface area contributed by atoms with E-state index >= 15 is 0 Å². The van der Waals surface area contributed by atoms with Crippen molar-refractivity contribution in [3.8, 4) is 11.5 Å². The number of rotatable bonds is 5. The van der Waals surface area contributed by atoms with E-state index in [9.17, 15) is 4.79 Å². The van der Waals surface area contributed by atoms with Crippen LogP contribution in [0.2, 0.25) is 0 Å². The van der Waals surface area contributed by atoms with Crippen molar-refractivity contribution in [2.24, 2.45) is 0 Å². The number of aryl methyl sites for hydroxylation is 1. The van der Waals surface area contributed by atoms with Gasteiger partial charge in [0.1, 0.15) is 10.6 Å². The second kappa shape index (κ2) is 8.46. The number of anilines is 2. The zero-order chi connectivity index (χ0) is 22.2. The summed E-state index contributed by atoms with van der Waals surface area (Å²) >= 11 is 1.71. The molecular weight excluding hydrogens is 426 g/mol. The topological polar surface area (TPSA) is 79.8 Å². The van der Waals surface area contributed by atoms with Gasteiger partial charge in [-0.05, 0) is 42.2 Å². The molecule has 8 nitrogen and oxygen atoms in total. The molecule has 9 heteroatoms. The molecule has 0 radical (unpaired) electrons. The number of hydrogen-bond donors (Lipinski definition) is 1. The molecule has 0 aliphatic carbocycles. The van der Waals surface area contributed by atoms with Crippen LogP contribution in [0.5, 0.6) is 11.5 Å². The van der Waals surface area contributed by atoms with Gasteiger partial charge >= 0.3 is 0 Å². The van der Waals surface area contributed by atoms with E-state index in [1.165, 1.54) is 16.0 Å². The zero-order valence-corrected chi connectivity index (χ0v) is 19.4.